The molecule has 6 heteroatoms. The Morgan fingerprint density at radius 3 is 2.44 bits per heavy atom. The van der Waals surface area contributed by atoms with Gasteiger partial charge >= 0.3 is 0 Å². The number of carbonyl (C=O) groups excluding carboxylic acids is 1. The van der Waals surface area contributed by atoms with Crippen LogP contribution in [-0.4, -0.2) is 20.8 Å². The number of amides is 1. The summed E-state index contributed by atoms with van der Waals surface area (Å²) in [4.78, 5) is 11.1. The maximum Gasteiger partial charge on any atom is 0.243 e. The molecule has 0 saturated carbocycles. The Hall–Kier alpha value is -3.25. The molecule has 3 aromatic rings. The number of hydrogen-bond donors (Lipinski definition) is 3. The third-order valence-electron chi connectivity index (χ3n) is 4.22. The Labute approximate surface area is 157 Å². The first-order chi connectivity index (χ1) is 13.1. The number of ether oxygens (including phenoxy) is 1. The van der Waals surface area contributed by atoms with E-state index < -0.39 is 5.91 Å². The zero-order chi connectivity index (χ0) is 19.1. The Bertz CT molecular complexity index is 873. The van der Waals surface area contributed by atoms with Crippen molar-refractivity contribution >= 4 is 5.91 Å². The smallest absolute Gasteiger partial charge is 0.243 e. The van der Waals surface area contributed by atoms with Crippen LogP contribution >= 0.6 is 0 Å². The Balaban J connectivity index is 1.56. The number of rotatable bonds is 8. The van der Waals surface area contributed by atoms with Gasteiger partial charge in [-0.15, -0.1) is 0 Å². The number of hydrogen-bond acceptors (Lipinski definition) is 4. The van der Waals surface area contributed by atoms with Crippen molar-refractivity contribution < 1.29 is 19.8 Å². The summed E-state index contributed by atoms with van der Waals surface area (Å²) in [6, 6.07) is 19.3. The van der Waals surface area contributed by atoms with Crippen LogP contribution in [0.2, 0.25) is 0 Å². The van der Waals surface area contributed by atoms with Crippen LogP contribution in [0, 0.1) is 0 Å². The van der Waals surface area contributed by atoms with Crippen molar-refractivity contribution in [3.8, 4) is 11.6 Å². The van der Waals surface area contributed by atoms with Crippen LogP contribution in [0.5, 0.6) is 11.6 Å². The minimum atomic E-state index is -0.451. The number of benzene rings is 2. The zero-order valence-corrected chi connectivity index (χ0v) is 14.8. The van der Waals surface area contributed by atoms with Crippen LogP contribution in [0.1, 0.15) is 23.1 Å². The number of aromatic nitrogens is 1. The predicted octanol–water partition coefficient (Wildman–Crippen LogP) is 3.26. The van der Waals surface area contributed by atoms with Crippen LogP contribution in [0.3, 0.4) is 0 Å². The SMILES string of the molecule is O=C(CCc1cc(O)n(Cc2ccc(OCc3ccccc3)cc2)c1)NO. The standard InChI is InChI=1S/C21H22N2O4/c24-20(22-26)11-8-18-12-21(25)23(14-18)13-16-6-9-19(10-7-16)27-15-17-4-2-1-3-5-17/h1-7,9-10,12,14,25-26H,8,11,13,15H2,(H,22,24). The van der Waals surface area contributed by atoms with Gasteiger partial charge in [-0.25, -0.2) is 5.48 Å². The number of hydroxylamine groups is 1. The van der Waals surface area contributed by atoms with Crippen molar-refractivity contribution in [1.82, 2.24) is 10.0 Å². The fourth-order valence-corrected chi connectivity index (χ4v) is 2.76. The third-order valence-corrected chi connectivity index (χ3v) is 4.22. The molecular formula is C21H22N2O4. The molecule has 0 spiro atoms. The molecule has 0 radical (unpaired) electrons. The highest BCUT2D eigenvalue weighted by Gasteiger charge is 2.08. The number of nitrogens with one attached hydrogen (secondary N) is 1. The minimum Gasteiger partial charge on any atom is -0.494 e. The first-order valence-electron chi connectivity index (χ1n) is 8.70. The summed E-state index contributed by atoms with van der Waals surface area (Å²) in [7, 11) is 0. The second-order valence-electron chi connectivity index (χ2n) is 6.29. The van der Waals surface area contributed by atoms with Gasteiger partial charge in [0.1, 0.15) is 12.4 Å². The molecule has 0 atom stereocenters. The Morgan fingerprint density at radius 2 is 1.74 bits per heavy atom. The molecule has 1 aromatic heterocycles. The summed E-state index contributed by atoms with van der Waals surface area (Å²) >= 11 is 0. The van der Waals surface area contributed by atoms with Crippen molar-refractivity contribution in [2.75, 3.05) is 0 Å². The Morgan fingerprint density at radius 1 is 1.00 bits per heavy atom. The van der Waals surface area contributed by atoms with E-state index in [4.69, 9.17) is 9.94 Å². The predicted molar refractivity (Wildman–Crippen MR) is 101 cm³/mol. The molecule has 3 N–H and O–H groups in total. The lowest BCUT2D eigenvalue weighted by atomic mass is 10.2. The van der Waals surface area contributed by atoms with Crippen LogP contribution in [0.4, 0.5) is 0 Å². The molecule has 1 amide bonds. The average molecular weight is 366 g/mol. The molecule has 0 aliphatic heterocycles. The van der Waals surface area contributed by atoms with Crippen molar-refractivity contribution in [1.29, 1.82) is 0 Å². The van der Waals surface area contributed by atoms with E-state index in [1.807, 2.05) is 54.6 Å². The van der Waals surface area contributed by atoms with Crippen molar-refractivity contribution in [2.45, 2.75) is 26.0 Å². The summed E-state index contributed by atoms with van der Waals surface area (Å²) in [6.45, 7) is 1.03. The van der Waals surface area contributed by atoms with Crippen LogP contribution in [0.15, 0.2) is 66.9 Å². The molecule has 0 fully saturated rings. The Kier molecular flexibility index (Phi) is 6.12. The van der Waals surface area contributed by atoms with Gasteiger partial charge < -0.3 is 14.4 Å². The van der Waals surface area contributed by atoms with Crippen LogP contribution in [0.25, 0.3) is 0 Å². The van der Waals surface area contributed by atoms with Gasteiger partial charge in [0.15, 0.2) is 5.88 Å². The third kappa shape index (κ3) is 5.36. The van der Waals surface area contributed by atoms with E-state index in [-0.39, 0.29) is 12.3 Å². The lowest BCUT2D eigenvalue weighted by Crippen LogP contribution is -2.18. The van der Waals surface area contributed by atoms with Gasteiger partial charge in [-0.05, 0) is 35.2 Å². The van der Waals surface area contributed by atoms with Gasteiger partial charge in [-0.1, -0.05) is 42.5 Å². The normalized spacial score (nSPS) is 10.6. The molecule has 0 saturated heterocycles. The molecule has 2 aromatic carbocycles. The average Bonchev–Trinajstić information content (AvgIpc) is 3.05. The van der Waals surface area contributed by atoms with Gasteiger partial charge in [0.2, 0.25) is 5.91 Å². The second-order valence-corrected chi connectivity index (χ2v) is 6.29. The maximum absolute atomic E-state index is 11.1. The van der Waals surface area contributed by atoms with Gasteiger partial charge in [-0.2, -0.15) is 0 Å². The summed E-state index contributed by atoms with van der Waals surface area (Å²) in [5.41, 5.74) is 4.57. The fraction of sp³-hybridized carbons (Fsp3) is 0.190. The van der Waals surface area contributed by atoms with Crippen LogP contribution < -0.4 is 10.2 Å². The quantitative estimate of drug-likeness (QED) is 0.422. The lowest BCUT2D eigenvalue weighted by molar-refractivity contribution is -0.129. The monoisotopic (exact) mass is 366 g/mol. The summed E-state index contributed by atoms with van der Waals surface area (Å²) in [6.07, 6.45) is 2.41. The molecule has 0 unspecified atom stereocenters. The highest BCUT2D eigenvalue weighted by Crippen LogP contribution is 2.20. The molecule has 140 valence electrons. The van der Waals surface area contributed by atoms with Crippen molar-refractivity contribution in [2.24, 2.45) is 0 Å². The molecule has 6 nitrogen and oxygen atoms in total. The highest BCUT2D eigenvalue weighted by atomic mass is 16.5. The van der Waals surface area contributed by atoms with E-state index in [1.54, 1.807) is 22.3 Å². The number of aromatic hydroxyl groups is 1. The highest BCUT2D eigenvalue weighted by molar-refractivity contribution is 5.74. The van der Waals surface area contributed by atoms with Crippen LogP contribution in [-0.2, 0) is 24.4 Å². The molecular weight excluding hydrogens is 344 g/mol. The number of nitrogens with zero attached hydrogens (tertiary/aromatic N) is 1. The van der Waals surface area contributed by atoms with Crippen molar-refractivity contribution in [3.63, 3.8) is 0 Å². The van der Waals surface area contributed by atoms with E-state index in [9.17, 15) is 9.90 Å². The van der Waals surface area contributed by atoms with E-state index in [0.717, 1.165) is 22.4 Å². The van der Waals surface area contributed by atoms with Gasteiger partial charge in [0, 0.05) is 18.7 Å². The molecule has 1 heterocycles. The molecule has 27 heavy (non-hydrogen) atoms. The largest absolute Gasteiger partial charge is 0.494 e. The lowest BCUT2D eigenvalue weighted by Gasteiger charge is -2.08. The van der Waals surface area contributed by atoms with Crippen molar-refractivity contribution in [3.05, 3.63) is 83.6 Å². The van der Waals surface area contributed by atoms with E-state index in [2.05, 4.69) is 0 Å². The molecule has 0 bridgehead atoms. The molecule has 0 aliphatic rings. The first kappa shape index (κ1) is 18.5. The summed E-state index contributed by atoms with van der Waals surface area (Å²) in [5.74, 6) is 0.474. The zero-order valence-electron chi connectivity index (χ0n) is 14.8. The number of aryl methyl sites for hydroxylation is 1. The van der Waals surface area contributed by atoms with E-state index >= 15 is 0 Å². The topological polar surface area (TPSA) is 83.7 Å². The first-order valence-corrected chi connectivity index (χ1v) is 8.70. The number of carbonyl (C=O) groups is 1. The summed E-state index contributed by atoms with van der Waals surface area (Å²) in [5, 5.41) is 18.6. The second kappa shape index (κ2) is 8.91. The minimum absolute atomic E-state index is 0.138. The van der Waals surface area contributed by atoms with Gasteiger partial charge in [-0.3, -0.25) is 10.0 Å². The fourth-order valence-electron chi connectivity index (χ4n) is 2.76. The molecule has 3 rings (SSSR count). The van der Waals surface area contributed by atoms with Gasteiger partial charge in [0.25, 0.3) is 0 Å². The van der Waals surface area contributed by atoms with E-state index in [0.29, 0.717) is 19.6 Å². The maximum atomic E-state index is 11.1. The molecule has 0 aliphatic carbocycles. The van der Waals surface area contributed by atoms with Gasteiger partial charge in [0.05, 0.1) is 6.54 Å². The summed E-state index contributed by atoms with van der Waals surface area (Å²) < 4.78 is 7.49. The van der Waals surface area contributed by atoms with E-state index in [1.165, 1.54) is 0 Å².